The lowest BCUT2D eigenvalue weighted by atomic mass is 10.2. The van der Waals surface area contributed by atoms with Crippen molar-refractivity contribution in [1.82, 2.24) is 0 Å². The SMILES string of the molecule is CCCCCCO[Si](CCBr)(OCCCCCC)OCCCCCC. The Balaban J connectivity index is 4.40. The van der Waals surface area contributed by atoms with E-state index in [9.17, 15) is 0 Å². The molecule has 0 bridgehead atoms. The van der Waals surface area contributed by atoms with Gasteiger partial charge in [0.05, 0.1) is 0 Å². The summed E-state index contributed by atoms with van der Waals surface area (Å²) >= 11 is 3.58. The highest BCUT2D eigenvalue weighted by molar-refractivity contribution is 9.09. The molecule has 0 aliphatic heterocycles. The van der Waals surface area contributed by atoms with Crippen LogP contribution in [0.3, 0.4) is 0 Å². The largest absolute Gasteiger partial charge is 0.501 e. The van der Waals surface area contributed by atoms with Gasteiger partial charge in [-0.15, -0.1) is 0 Å². The van der Waals surface area contributed by atoms with Gasteiger partial charge in [-0.2, -0.15) is 0 Å². The van der Waals surface area contributed by atoms with Crippen LogP contribution < -0.4 is 0 Å². The molecule has 0 aliphatic carbocycles. The minimum Gasteiger partial charge on any atom is -0.373 e. The molecule has 0 rings (SSSR count). The zero-order valence-electron chi connectivity index (χ0n) is 17.1. The Morgan fingerprint density at radius 2 is 0.920 bits per heavy atom. The molecule has 0 aromatic carbocycles. The third kappa shape index (κ3) is 15.3. The lowest BCUT2D eigenvalue weighted by Crippen LogP contribution is -2.47. The standard InChI is InChI=1S/C20H43BrO3Si/c1-4-7-10-13-17-22-25(20-16-21,23-18-14-11-8-5-2)24-19-15-12-9-6-3/h4-20H2,1-3H3. The van der Waals surface area contributed by atoms with Gasteiger partial charge in [-0.05, 0) is 19.3 Å². The molecule has 0 aromatic heterocycles. The van der Waals surface area contributed by atoms with E-state index in [4.69, 9.17) is 13.3 Å². The van der Waals surface area contributed by atoms with Crippen LogP contribution in [0.1, 0.15) is 97.8 Å². The quantitative estimate of drug-likeness (QED) is 0.115. The Morgan fingerprint density at radius 1 is 0.560 bits per heavy atom. The van der Waals surface area contributed by atoms with Crippen molar-refractivity contribution in [2.24, 2.45) is 0 Å². The van der Waals surface area contributed by atoms with E-state index >= 15 is 0 Å². The first-order valence-electron chi connectivity index (χ1n) is 10.7. The van der Waals surface area contributed by atoms with Crippen LogP contribution >= 0.6 is 15.9 Å². The van der Waals surface area contributed by atoms with Crippen LogP contribution in [0.4, 0.5) is 0 Å². The molecule has 0 aromatic rings. The highest BCUT2D eigenvalue weighted by Crippen LogP contribution is 2.20. The third-order valence-electron chi connectivity index (χ3n) is 4.36. The molecule has 0 fully saturated rings. The predicted molar refractivity (Wildman–Crippen MR) is 115 cm³/mol. The molecule has 152 valence electrons. The first-order chi connectivity index (χ1) is 12.2. The van der Waals surface area contributed by atoms with Crippen LogP contribution in [0.2, 0.25) is 6.04 Å². The summed E-state index contributed by atoms with van der Waals surface area (Å²) in [6.45, 7) is 9.06. The van der Waals surface area contributed by atoms with Crippen LogP contribution in [0.5, 0.6) is 0 Å². The van der Waals surface area contributed by atoms with E-state index in [0.717, 1.165) is 50.5 Å². The van der Waals surface area contributed by atoms with E-state index in [0.29, 0.717) is 0 Å². The molecule has 0 atom stereocenters. The van der Waals surface area contributed by atoms with Crippen LogP contribution in [0, 0.1) is 0 Å². The van der Waals surface area contributed by atoms with Gasteiger partial charge in [0.25, 0.3) is 0 Å². The fourth-order valence-electron chi connectivity index (χ4n) is 2.73. The highest BCUT2D eigenvalue weighted by Gasteiger charge is 2.40. The van der Waals surface area contributed by atoms with Crippen LogP contribution in [-0.2, 0) is 13.3 Å². The second-order valence-corrected chi connectivity index (χ2v) is 10.4. The highest BCUT2D eigenvalue weighted by atomic mass is 79.9. The Bertz CT molecular complexity index is 231. The van der Waals surface area contributed by atoms with Crippen LogP contribution in [-0.4, -0.2) is 34.0 Å². The summed E-state index contributed by atoms with van der Waals surface area (Å²) in [7, 11) is -2.52. The second kappa shape index (κ2) is 19.3. The number of alkyl halides is 1. The van der Waals surface area contributed by atoms with Crippen molar-refractivity contribution in [3.8, 4) is 0 Å². The number of unbranched alkanes of at least 4 members (excludes halogenated alkanes) is 9. The molecule has 25 heavy (non-hydrogen) atoms. The lowest BCUT2D eigenvalue weighted by molar-refractivity contribution is 0.0567. The summed E-state index contributed by atoms with van der Waals surface area (Å²) in [6, 6.07) is 0.877. The van der Waals surface area contributed by atoms with Crippen molar-refractivity contribution >= 4 is 24.7 Å². The van der Waals surface area contributed by atoms with Gasteiger partial charge in [0.1, 0.15) is 0 Å². The van der Waals surface area contributed by atoms with Gasteiger partial charge >= 0.3 is 8.80 Å². The molecule has 0 amide bonds. The smallest absolute Gasteiger partial charge is 0.373 e. The molecular formula is C20H43BrO3Si. The van der Waals surface area contributed by atoms with E-state index in [1.165, 1.54) is 57.8 Å². The summed E-state index contributed by atoms with van der Waals surface area (Å²) in [5.41, 5.74) is 0. The fraction of sp³-hybridized carbons (Fsp3) is 1.00. The molecule has 0 unspecified atom stereocenters. The summed E-state index contributed by atoms with van der Waals surface area (Å²) in [5, 5.41) is 0.887. The molecule has 0 heterocycles. The number of hydrogen-bond acceptors (Lipinski definition) is 3. The van der Waals surface area contributed by atoms with Gasteiger partial charge in [-0.3, -0.25) is 0 Å². The predicted octanol–water partition coefficient (Wildman–Crippen LogP) is 7.11. The van der Waals surface area contributed by atoms with E-state index < -0.39 is 8.80 Å². The van der Waals surface area contributed by atoms with Crippen molar-refractivity contribution in [1.29, 1.82) is 0 Å². The van der Waals surface area contributed by atoms with Crippen LogP contribution in [0.15, 0.2) is 0 Å². The zero-order chi connectivity index (χ0) is 18.6. The van der Waals surface area contributed by atoms with Crippen molar-refractivity contribution in [2.75, 3.05) is 25.2 Å². The Hall–Kier alpha value is 0.577. The molecule has 5 heteroatoms. The number of rotatable bonds is 20. The second-order valence-electron chi connectivity index (χ2n) is 6.85. The van der Waals surface area contributed by atoms with E-state index in [1.54, 1.807) is 0 Å². The first kappa shape index (κ1) is 25.6. The molecular weight excluding hydrogens is 396 g/mol. The lowest BCUT2D eigenvalue weighted by Gasteiger charge is -2.29. The number of halogens is 1. The maximum atomic E-state index is 6.29. The van der Waals surface area contributed by atoms with Gasteiger partial charge in [0.2, 0.25) is 0 Å². The van der Waals surface area contributed by atoms with Gasteiger partial charge in [-0.1, -0.05) is 94.5 Å². The topological polar surface area (TPSA) is 27.7 Å². The van der Waals surface area contributed by atoms with Gasteiger partial charge in [0, 0.05) is 31.2 Å². The minimum atomic E-state index is -2.52. The van der Waals surface area contributed by atoms with E-state index in [-0.39, 0.29) is 0 Å². The maximum absolute atomic E-state index is 6.29. The Morgan fingerprint density at radius 3 is 1.20 bits per heavy atom. The third-order valence-corrected chi connectivity index (χ3v) is 8.28. The molecule has 3 nitrogen and oxygen atoms in total. The summed E-state index contributed by atoms with van der Waals surface area (Å²) in [6.07, 6.45) is 14.7. The first-order valence-corrected chi connectivity index (χ1v) is 13.8. The summed E-state index contributed by atoms with van der Waals surface area (Å²) in [4.78, 5) is 0. The Labute approximate surface area is 167 Å². The monoisotopic (exact) mass is 438 g/mol. The molecule has 0 saturated carbocycles. The average Bonchev–Trinajstić information content (AvgIpc) is 2.61. The number of hydrogen-bond donors (Lipinski definition) is 0. The van der Waals surface area contributed by atoms with E-state index in [2.05, 4.69) is 36.7 Å². The van der Waals surface area contributed by atoms with Gasteiger partial charge in [0.15, 0.2) is 0 Å². The normalized spacial score (nSPS) is 12.0. The van der Waals surface area contributed by atoms with Crippen molar-refractivity contribution in [3.63, 3.8) is 0 Å². The molecule has 0 saturated heterocycles. The zero-order valence-corrected chi connectivity index (χ0v) is 19.7. The molecule has 0 aliphatic rings. The summed E-state index contributed by atoms with van der Waals surface area (Å²) in [5.74, 6) is 0. The minimum absolute atomic E-state index is 0.781. The fourth-order valence-corrected chi connectivity index (χ4v) is 6.46. The molecule has 0 N–H and O–H groups in total. The molecule has 0 radical (unpaired) electrons. The van der Waals surface area contributed by atoms with Crippen molar-refractivity contribution in [3.05, 3.63) is 0 Å². The Kier molecular flexibility index (Phi) is 19.8. The molecule has 0 spiro atoms. The van der Waals surface area contributed by atoms with Crippen molar-refractivity contribution < 1.29 is 13.3 Å². The van der Waals surface area contributed by atoms with Crippen LogP contribution in [0.25, 0.3) is 0 Å². The van der Waals surface area contributed by atoms with Gasteiger partial charge in [-0.25, -0.2) is 0 Å². The van der Waals surface area contributed by atoms with E-state index in [1.807, 2.05) is 0 Å². The summed E-state index contributed by atoms with van der Waals surface area (Å²) < 4.78 is 18.9. The maximum Gasteiger partial charge on any atom is 0.501 e. The van der Waals surface area contributed by atoms with Crippen molar-refractivity contribution in [2.45, 2.75) is 104 Å². The average molecular weight is 440 g/mol. The van der Waals surface area contributed by atoms with Gasteiger partial charge < -0.3 is 13.3 Å².